The Morgan fingerprint density at radius 3 is 2.76 bits per heavy atom. The number of anilines is 1. The van der Waals surface area contributed by atoms with E-state index in [1.54, 1.807) is 24.4 Å². The first-order valence-corrected chi connectivity index (χ1v) is 6.35. The van der Waals surface area contributed by atoms with Crippen LogP contribution in [0.25, 0.3) is 0 Å². The van der Waals surface area contributed by atoms with Crippen LogP contribution in [-0.2, 0) is 6.54 Å². The van der Waals surface area contributed by atoms with Crippen LogP contribution in [0.1, 0.15) is 15.9 Å². The van der Waals surface area contributed by atoms with Gasteiger partial charge in [-0.25, -0.2) is 10.5 Å². The van der Waals surface area contributed by atoms with Gasteiger partial charge in [0.15, 0.2) is 0 Å². The molecule has 0 aliphatic carbocycles. The van der Waals surface area contributed by atoms with Crippen molar-refractivity contribution in [3.05, 3.63) is 58.0 Å². The van der Waals surface area contributed by atoms with E-state index in [1.165, 1.54) is 10.7 Å². The predicted octanol–water partition coefficient (Wildman–Crippen LogP) is -0.0389. The minimum atomic E-state index is -0.375. The molecule has 1 heterocycles. The van der Waals surface area contributed by atoms with Crippen LogP contribution in [0.4, 0.5) is 5.69 Å². The Morgan fingerprint density at radius 2 is 2.14 bits per heavy atom. The number of hydrogen-bond acceptors (Lipinski definition) is 5. The fraction of sp³-hybridized carbons (Fsp3) is 0.214. The molecule has 0 atom stereocenters. The summed E-state index contributed by atoms with van der Waals surface area (Å²) in [6.07, 6.45) is 1.62. The maximum Gasteiger partial charge on any atom is 0.269 e. The van der Waals surface area contributed by atoms with Gasteiger partial charge >= 0.3 is 0 Å². The number of nitrogens with two attached hydrogens (primary N) is 1. The van der Waals surface area contributed by atoms with Gasteiger partial charge in [-0.3, -0.25) is 15.0 Å². The molecule has 1 aromatic carbocycles. The summed E-state index contributed by atoms with van der Waals surface area (Å²) in [4.78, 5) is 25.3. The van der Waals surface area contributed by atoms with Gasteiger partial charge in [0.05, 0.1) is 18.4 Å². The largest absolute Gasteiger partial charge is 0.376 e. The zero-order chi connectivity index (χ0) is 15.4. The smallest absolute Gasteiger partial charge is 0.269 e. The normalized spacial score (nSPS) is 10.2. The van der Waals surface area contributed by atoms with E-state index in [2.05, 4.69) is 10.5 Å². The van der Waals surface area contributed by atoms with E-state index in [0.717, 1.165) is 11.3 Å². The van der Waals surface area contributed by atoms with Crippen molar-refractivity contribution in [2.75, 3.05) is 19.0 Å². The highest BCUT2D eigenvalue weighted by Crippen LogP contribution is 2.07. The summed E-state index contributed by atoms with van der Waals surface area (Å²) >= 11 is 0. The lowest BCUT2D eigenvalue weighted by Gasteiger charge is -2.12. The quantitative estimate of drug-likeness (QED) is 0.467. The molecule has 0 fully saturated rings. The van der Waals surface area contributed by atoms with E-state index in [0.29, 0.717) is 5.56 Å². The van der Waals surface area contributed by atoms with Gasteiger partial charge in [0.1, 0.15) is 0 Å². The number of carbonyl (C=O) groups is 1. The lowest BCUT2D eigenvalue weighted by Crippen LogP contribution is -2.30. The fourth-order valence-electron chi connectivity index (χ4n) is 1.85. The summed E-state index contributed by atoms with van der Waals surface area (Å²) in [7, 11) is 3.69. The molecule has 0 radical (unpaired) electrons. The Bertz CT molecular complexity index is 709. The summed E-state index contributed by atoms with van der Waals surface area (Å²) in [5.74, 6) is 4.73. The van der Waals surface area contributed by atoms with Gasteiger partial charge in [0.25, 0.3) is 11.5 Å². The molecule has 0 saturated carbocycles. The summed E-state index contributed by atoms with van der Waals surface area (Å²) in [6, 6.07) is 8.40. The number of aromatic nitrogens is 2. The molecule has 21 heavy (non-hydrogen) atoms. The van der Waals surface area contributed by atoms with E-state index in [4.69, 9.17) is 5.84 Å². The topological polar surface area (TPSA) is 93.2 Å². The van der Waals surface area contributed by atoms with E-state index in [1.807, 2.05) is 25.1 Å². The molecule has 2 rings (SSSR count). The Balaban J connectivity index is 2.26. The van der Waals surface area contributed by atoms with E-state index >= 15 is 0 Å². The molecule has 3 N–H and O–H groups in total. The third kappa shape index (κ3) is 3.46. The SMILES string of the molecule is CN(C)c1cnn(Cc2cccc(C(=O)NN)c2)c(=O)c1. The van der Waals surface area contributed by atoms with Crippen molar-refractivity contribution < 1.29 is 4.79 Å². The molecule has 7 heteroatoms. The van der Waals surface area contributed by atoms with Gasteiger partial charge < -0.3 is 4.90 Å². The Morgan fingerprint density at radius 1 is 1.38 bits per heavy atom. The van der Waals surface area contributed by atoms with Crippen molar-refractivity contribution in [3.8, 4) is 0 Å². The van der Waals surface area contributed by atoms with Crippen molar-refractivity contribution >= 4 is 11.6 Å². The standard InChI is InChI=1S/C14H17N5O2/c1-18(2)12-7-13(20)19(16-8-12)9-10-4-3-5-11(6-10)14(21)17-15/h3-8H,9,15H2,1-2H3,(H,17,21). The number of nitrogen functional groups attached to an aromatic ring is 1. The lowest BCUT2D eigenvalue weighted by atomic mass is 10.1. The van der Waals surface area contributed by atoms with Crippen molar-refractivity contribution in [2.45, 2.75) is 6.54 Å². The highest BCUT2D eigenvalue weighted by Gasteiger charge is 2.06. The molecule has 0 unspecified atom stereocenters. The first-order chi connectivity index (χ1) is 10.0. The average Bonchev–Trinajstić information content (AvgIpc) is 2.48. The monoisotopic (exact) mass is 287 g/mol. The average molecular weight is 287 g/mol. The minimum absolute atomic E-state index is 0.199. The van der Waals surface area contributed by atoms with Crippen molar-refractivity contribution in [3.63, 3.8) is 0 Å². The van der Waals surface area contributed by atoms with E-state index in [-0.39, 0.29) is 18.0 Å². The van der Waals surface area contributed by atoms with Crippen LogP contribution in [0, 0.1) is 0 Å². The van der Waals surface area contributed by atoms with Crippen molar-refractivity contribution in [2.24, 2.45) is 5.84 Å². The van der Waals surface area contributed by atoms with Gasteiger partial charge in [-0.05, 0) is 17.7 Å². The molecule has 0 bridgehead atoms. The number of amides is 1. The molecular weight excluding hydrogens is 270 g/mol. The van der Waals surface area contributed by atoms with E-state index in [9.17, 15) is 9.59 Å². The van der Waals surface area contributed by atoms with Crippen LogP contribution in [0.2, 0.25) is 0 Å². The molecule has 1 amide bonds. The van der Waals surface area contributed by atoms with Crippen LogP contribution in [0.5, 0.6) is 0 Å². The van der Waals surface area contributed by atoms with Crippen LogP contribution in [0.15, 0.2) is 41.3 Å². The number of carbonyl (C=O) groups excluding carboxylic acids is 1. The summed E-state index contributed by atoms with van der Waals surface area (Å²) in [5.41, 5.74) is 3.85. The highest BCUT2D eigenvalue weighted by molar-refractivity contribution is 5.93. The molecule has 0 saturated heterocycles. The van der Waals surface area contributed by atoms with Crippen LogP contribution < -0.4 is 21.7 Å². The highest BCUT2D eigenvalue weighted by atomic mass is 16.2. The van der Waals surface area contributed by atoms with Gasteiger partial charge in [-0.1, -0.05) is 12.1 Å². The first kappa shape index (κ1) is 14.7. The third-order valence-corrected chi connectivity index (χ3v) is 3.02. The van der Waals surface area contributed by atoms with E-state index < -0.39 is 0 Å². The first-order valence-electron chi connectivity index (χ1n) is 6.35. The maximum atomic E-state index is 12.0. The zero-order valence-electron chi connectivity index (χ0n) is 11.9. The van der Waals surface area contributed by atoms with Crippen LogP contribution in [0.3, 0.4) is 0 Å². The maximum absolute atomic E-state index is 12.0. The van der Waals surface area contributed by atoms with Gasteiger partial charge in [0.2, 0.25) is 0 Å². The van der Waals surface area contributed by atoms with Gasteiger partial charge in [0, 0.05) is 25.7 Å². The second kappa shape index (κ2) is 6.19. The lowest BCUT2D eigenvalue weighted by molar-refractivity contribution is 0.0953. The van der Waals surface area contributed by atoms with Gasteiger partial charge in [-0.15, -0.1) is 0 Å². The molecular formula is C14H17N5O2. The molecule has 7 nitrogen and oxygen atoms in total. The predicted molar refractivity (Wildman–Crippen MR) is 80.0 cm³/mol. The summed E-state index contributed by atoms with van der Waals surface area (Å²) in [6.45, 7) is 0.290. The fourth-order valence-corrected chi connectivity index (χ4v) is 1.85. The summed E-state index contributed by atoms with van der Waals surface area (Å²) in [5, 5.41) is 4.13. The molecule has 1 aromatic heterocycles. The zero-order valence-corrected chi connectivity index (χ0v) is 11.9. The number of hydrazine groups is 1. The van der Waals surface area contributed by atoms with Gasteiger partial charge in [-0.2, -0.15) is 5.10 Å². The number of nitrogens with zero attached hydrogens (tertiary/aromatic N) is 3. The number of hydrogen-bond donors (Lipinski definition) is 2. The van der Waals surface area contributed by atoms with Crippen LogP contribution in [-0.4, -0.2) is 29.8 Å². The number of rotatable bonds is 4. The number of nitrogens with one attached hydrogen (secondary N) is 1. The summed E-state index contributed by atoms with van der Waals surface area (Å²) < 4.78 is 1.34. The minimum Gasteiger partial charge on any atom is -0.376 e. The second-order valence-corrected chi connectivity index (χ2v) is 4.78. The molecule has 2 aromatic rings. The second-order valence-electron chi connectivity index (χ2n) is 4.78. The van der Waals surface area contributed by atoms with Crippen molar-refractivity contribution in [1.29, 1.82) is 0 Å². The Kier molecular flexibility index (Phi) is 4.34. The molecule has 0 aliphatic rings. The van der Waals surface area contributed by atoms with Crippen molar-refractivity contribution in [1.82, 2.24) is 15.2 Å². The molecule has 0 spiro atoms. The Labute approximate surface area is 122 Å². The molecule has 110 valence electrons. The Hall–Kier alpha value is -2.67. The third-order valence-electron chi connectivity index (χ3n) is 3.02. The molecule has 0 aliphatic heterocycles. The number of benzene rings is 1. The van der Waals surface area contributed by atoms with Crippen LogP contribution >= 0.6 is 0 Å².